The molecule has 5 nitrogen and oxygen atoms in total. The van der Waals surface area contributed by atoms with Crippen LogP contribution in [0.15, 0.2) is 65.3 Å². The molecule has 0 amide bonds. The van der Waals surface area contributed by atoms with Crippen LogP contribution < -0.4 is 0 Å². The van der Waals surface area contributed by atoms with Crippen LogP contribution in [0.4, 0.5) is 0 Å². The average molecular weight is 516 g/mol. The number of hydrogen-bond acceptors (Lipinski definition) is 5. The van der Waals surface area contributed by atoms with Crippen LogP contribution in [-0.2, 0) is 11.2 Å². The fraction of sp³-hybridized carbons (Fsp3) is 0.136. The summed E-state index contributed by atoms with van der Waals surface area (Å²) in [4.78, 5) is 23.9. The van der Waals surface area contributed by atoms with Gasteiger partial charge in [-0.1, -0.05) is 6.08 Å². The van der Waals surface area contributed by atoms with E-state index in [9.17, 15) is 9.59 Å². The molecule has 0 aliphatic carbocycles. The number of hydrogen-bond donors (Lipinski definition) is 0. The summed E-state index contributed by atoms with van der Waals surface area (Å²) in [6.45, 7) is 0. The van der Waals surface area contributed by atoms with Crippen molar-refractivity contribution in [2.75, 3.05) is 7.05 Å². The van der Waals surface area contributed by atoms with Crippen molar-refractivity contribution in [3.05, 3.63) is 83.1 Å². The summed E-state index contributed by atoms with van der Waals surface area (Å²) in [5.41, 5.74) is 3.22. The van der Waals surface area contributed by atoms with Gasteiger partial charge in [0.1, 0.15) is 11.9 Å². The summed E-state index contributed by atoms with van der Waals surface area (Å²) in [6, 6.07) is 14.4. The first-order valence-corrected chi connectivity index (χ1v) is 10.8. The number of ketones is 1. The van der Waals surface area contributed by atoms with Gasteiger partial charge in [0.05, 0.1) is 23.5 Å². The van der Waals surface area contributed by atoms with Crippen LogP contribution in [0.2, 0.25) is 0 Å². The van der Waals surface area contributed by atoms with Gasteiger partial charge in [0.15, 0.2) is 5.78 Å². The fourth-order valence-corrected chi connectivity index (χ4v) is 5.16. The van der Waals surface area contributed by atoms with Gasteiger partial charge in [0.2, 0.25) is 0 Å². The van der Waals surface area contributed by atoms with Crippen molar-refractivity contribution in [2.45, 2.75) is 12.1 Å². The Kier molecular flexibility index (Phi) is 7.32. The zero-order valence-corrected chi connectivity index (χ0v) is 18.8. The van der Waals surface area contributed by atoms with Crippen LogP contribution in [0.1, 0.15) is 27.0 Å². The summed E-state index contributed by atoms with van der Waals surface area (Å²) in [7, 11) is 2.48. The second-order valence-electron chi connectivity index (χ2n) is 6.44. The summed E-state index contributed by atoms with van der Waals surface area (Å²) < 4.78 is 7.65. The fourth-order valence-electron chi connectivity index (χ4n) is 3.10. The lowest BCUT2D eigenvalue weighted by Gasteiger charge is -2.17. The highest BCUT2D eigenvalue weighted by atomic mass is 127. The molecule has 2 unspecified atom stereocenters. The molecular weight excluding hydrogens is 498 g/mol. The molecule has 7 heteroatoms. The Balaban J connectivity index is 1.98. The largest absolute Gasteiger partial charge is 0.464 e. The Bertz CT molecular complexity index is 1100. The molecule has 0 saturated heterocycles. The van der Waals surface area contributed by atoms with Crippen LogP contribution >= 0.6 is 31.6 Å². The zero-order valence-electron chi connectivity index (χ0n) is 15.6. The Morgan fingerprint density at radius 3 is 2.72 bits per heavy atom. The normalized spacial score (nSPS) is 12.8. The molecule has 0 bridgehead atoms. The van der Waals surface area contributed by atoms with Gasteiger partial charge >= 0.3 is 0 Å². The molecule has 0 fully saturated rings. The third-order valence-corrected chi connectivity index (χ3v) is 6.27. The number of carbonyl (C=O) groups excluding carboxylic acids is 2. The van der Waals surface area contributed by atoms with Crippen LogP contribution in [0.25, 0.3) is 11.0 Å². The minimum absolute atomic E-state index is 0.148. The number of nitrogens with zero attached hydrogens (tertiary/aromatic N) is 2. The number of allylic oxidation sites excluding steroid dienone is 2. The van der Waals surface area contributed by atoms with E-state index in [4.69, 9.17) is 9.68 Å². The first kappa shape index (κ1) is 21.4. The van der Waals surface area contributed by atoms with Crippen molar-refractivity contribution in [1.82, 2.24) is 2.88 Å². The van der Waals surface area contributed by atoms with E-state index in [0.29, 0.717) is 37.4 Å². The van der Waals surface area contributed by atoms with E-state index < -0.39 is 0 Å². The average Bonchev–Trinajstić information content (AvgIpc) is 3.19. The smallest absolute Gasteiger partial charge is 0.196 e. The monoisotopic (exact) mass is 516 g/mol. The predicted molar refractivity (Wildman–Crippen MR) is 124 cm³/mol. The predicted octanol–water partition coefficient (Wildman–Crippen LogP) is 5.08. The Morgan fingerprint density at radius 1 is 1.31 bits per heavy atom. The highest BCUT2D eigenvalue weighted by molar-refractivity contribution is 14.1. The standard InChI is InChI=1S/C22H18IN2O3P/c1-25(23)29-19(3-2-9-26)12-16-11-18-8-10-28-22(18)20(13-16)21(27)17-6-4-15(14-24)5-7-17/h2-11,13,19,29H,12H2,1H3/b3-2-. The van der Waals surface area contributed by atoms with Crippen LogP contribution in [-0.4, -0.2) is 27.7 Å². The molecule has 0 radical (unpaired) electrons. The molecular formula is C22H18IN2O3P. The molecule has 2 aromatic carbocycles. The first-order valence-electron chi connectivity index (χ1n) is 8.84. The maximum Gasteiger partial charge on any atom is 0.196 e. The van der Waals surface area contributed by atoms with E-state index in [1.54, 1.807) is 30.5 Å². The Morgan fingerprint density at radius 2 is 2.07 bits per heavy atom. The highest BCUT2D eigenvalue weighted by Gasteiger charge is 2.18. The van der Waals surface area contributed by atoms with Crippen LogP contribution in [0.5, 0.6) is 0 Å². The number of halogens is 1. The second kappa shape index (κ2) is 9.93. The summed E-state index contributed by atoms with van der Waals surface area (Å²) in [5.74, 6) is -0.148. The summed E-state index contributed by atoms with van der Waals surface area (Å²) in [6.07, 6.45) is 6.49. The number of benzene rings is 2. The molecule has 1 aromatic heterocycles. The van der Waals surface area contributed by atoms with Gasteiger partial charge in [-0.05, 0) is 69.3 Å². The van der Waals surface area contributed by atoms with Gasteiger partial charge < -0.3 is 4.42 Å². The molecule has 0 spiro atoms. The lowest BCUT2D eigenvalue weighted by atomic mass is 9.97. The van der Waals surface area contributed by atoms with E-state index in [0.717, 1.165) is 17.2 Å². The van der Waals surface area contributed by atoms with Crippen molar-refractivity contribution in [1.29, 1.82) is 5.26 Å². The number of furan rings is 1. The molecule has 0 N–H and O–H groups in total. The van der Waals surface area contributed by atoms with Gasteiger partial charge in [0, 0.05) is 46.5 Å². The van der Waals surface area contributed by atoms with E-state index in [1.807, 2.05) is 31.3 Å². The van der Waals surface area contributed by atoms with Crippen molar-refractivity contribution in [2.24, 2.45) is 0 Å². The van der Waals surface area contributed by atoms with E-state index in [1.165, 1.54) is 6.08 Å². The summed E-state index contributed by atoms with van der Waals surface area (Å²) >= 11 is 2.23. The quantitative estimate of drug-likeness (QED) is 0.104. The van der Waals surface area contributed by atoms with Gasteiger partial charge in [-0.25, -0.2) is 2.88 Å². The molecule has 3 rings (SSSR count). The van der Waals surface area contributed by atoms with Gasteiger partial charge in [-0.15, -0.1) is 0 Å². The maximum absolute atomic E-state index is 13.1. The Labute approximate surface area is 184 Å². The topological polar surface area (TPSA) is 74.3 Å². The van der Waals surface area contributed by atoms with Crippen LogP contribution in [0.3, 0.4) is 0 Å². The lowest BCUT2D eigenvalue weighted by Crippen LogP contribution is -2.08. The molecule has 146 valence electrons. The van der Waals surface area contributed by atoms with Gasteiger partial charge in [-0.3, -0.25) is 9.59 Å². The SMILES string of the molecule is CN(I)PC(/C=C\C=O)Cc1cc(C(=O)c2ccc(C#N)cc2)c2occc2c1. The molecule has 1 heterocycles. The van der Waals surface area contributed by atoms with Crippen molar-refractivity contribution < 1.29 is 14.0 Å². The molecule has 2 atom stereocenters. The number of rotatable bonds is 8. The van der Waals surface area contributed by atoms with Crippen molar-refractivity contribution in [3.63, 3.8) is 0 Å². The first-order chi connectivity index (χ1) is 14.0. The second-order valence-corrected chi connectivity index (χ2v) is 10.5. The molecule has 3 aromatic rings. The van der Waals surface area contributed by atoms with Crippen LogP contribution in [0, 0.1) is 11.3 Å². The number of aldehydes is 1. The molecule has 29 heavy (non-hydrogen) atoms. The molecule has 0 aliphatic rings. The number of fused-ring (bicyclic) bond motifs is 1. The number of carbonyl (C=O) groups is 2. The molecule has 0 saturated carbocycles. The Hall–Kier alpha value is -2.33. The molecule has 0 aliphatic heterocycles. The van der Waals surface area contributed by atoms with Crippen molar-refractivity contribution in [3.8, 4) is 6.07 Å². The third kappa shape index (κ3) is 5.39. The minimum atomic E-state index is -0.148. The maximum atomic E-state index is 13.1. The third-order valence-electron chi connectivity index (χ3n) is 4.35. The number of nitriles is 1. The highest BCUT2D eigenvalue weighted by Crippen LogP contribution is 2.32. The summed E-state index contributed by atoms with van der Waals surface area (Å²) in [5, 5.41) is 9.83. The van der Waals surface area contributed by atoms with Gasteiger partial charge in [0.25, 0.3) is 0 Å². The lowest BCUT2D eigenvalue weighted by molar-refractivity contribution is -0.104. The minimum Gasteiger partial charge on any atom is -0.464 e. The van der Waals surface area contributed by atoms with E-state index >= 15 is 0 Å². The zero-order chi connectivity index (χ0) is 20.8. The van der Waals surface area contributed by atoms with E-state index in [2.05, 4.69) is 31.8 Å². The van der Waals surface area contributed by atoms with Crippen molar-refractivity contribution >= 4 is 54.6 Å². The van der Waals surface area contributed by atoms with Gasteiger partial charge in [-0.2, -0.15) is 5.26 Å². The van der Waals surface area contributed by atoms with E-state index in [-0.39, 0.29) is 11.4 Å².